The van der Waals surface area contributed by atoms with E-state index in [1.54, 1.807) is 0 Å². The monoisotopic (exact) mass is 162 g/mol. The molecule has 2 atom stereocenters. The first-order valence-electron chi connectivity index (χ1n) is 4.60. The van der Waals surface area contributed by atoms with Crippen LogP contribution >= 0.6 is 0 Å². The predicted octanol–water partition coefficient (Wildman–Crippen LogP) is 3.72. The van der Waals surface area contributed by atoms with E-state index in [0.29, 0.717) is 5.92 Å². The van der Waals surface area contributed by atoms with Crippen LogP contribution in [0.1, 0.15) is 27.7 Å². The first kappa shape index (κ1) is 9.31. The van der Waals surface area contributed by atoms with Crippen LogP contribution in [0.5, 0.6) is 0 Å². The summed E-state index contributed by atoms with van der Waals surface area (Å²) in [6, 6.07) is 0. The maximum Gasteiger partial charge on any atom is 0.00984 e. The van der Waals surface area contributed by atoms with E-state index in [-0.39, 0.29) is 5.41 Å². The smallest absolute Gasteiger partial charge is 0.00984 e. The summed E-state index contributed by atoms with van der Waals surface area (Å²) in [6.07, 6.45) is 11.1. The maximum absolute atomic E-state index is 2.29. The molecule has 0 nitrogen and oxygen atoms in total. The molecule has 0 aliphatic heterocycles. The highest BCUT2D eigenvalue weighted by Crippen LogP contribution is 2.38. The van der Waals surface area contributed by atoms with Gasteiger partial charge < -0.3 is 0 Å². The Labute approximate surface area is 75.7 Å². The van der Waals surface area contributed by atoms with Gasteiger partial charge in [0.05, 0.1) is 0 Å². The summed E-state index contributed by atoms with van der Waals surface area (Å²) in [5.74, 6) is 0.624. The first-order chi connectivity index (χ1) is 5.60. The molecule has 0 heterocycles. The molecule has 0 saturated carbocycles. The average molecular weight is 162 g/mol. The lowest BCUT2D eigenvalue weighted by Crippen LogP contribution is -2.23. The Morgan fingerprint density at radius 3 is 2.75 bits per heavy atom. The third-order valence-electron chi connectivity index (χ3n) is 2.96. The Morgan fingerprint density at radius 1 is 1.50 bits per heavy atom. The van der Waals surface area contributed by atoms with Crippen molar-refractivity contribution < 1.29 is 0 Å². The fourth-order valence-electron chi connectivity index (χ4n) is 1.75. The normalized spacial score (nSPS) is 35.7. The largest absolute Gasteiger partial charge is 0.0908 e. The number of allylic oxidation sites excluding steroid dienone is 6. The van der Waals surface area contributed by atoms with Crippen molar-refractivity contribution in [3.8, 4) is 0 Å². The van der Waals surface area contributed by atoms with Crippen molar-refractivity contribution in [2.45, 2.75) is 27.7 Å². The summed E-state index contributed by atoms with van der Waals surface area (Å²) < 4.78 is 0. The zero-order valence-corrected chi connectivity index (χ0v) is 8.46. The molecule has 0 heteroatoms. The van der Waals surface area contributed by atoms with Crippen LogP contribution in [0.15, 0.2) is 36.0 Å². The summed E-state index contributed by atoms with van der Waals surface area (Å²) in [5.41, 5.74) is 1.70. The van der Waals surface area contributed by atoms with E-state index in [0.717, 1.165) is 0 Å². The third-order valence-corrected chi connectivity index (χ3v) is 2.96. The Balaban J connectivity index is 2.95. The first-order valence-corrected chi connectivity index (χ1v) is 4.60. The van der Waals surface area contributed by atoms with E-state index >= 15 is 0 Å². The lowest BCUT2D eigenvalue weighted by Gasteiger charge is -2.33. The minimum atomic E-state index is 0.230. The summed E-state index contributed by atoms with van der Waals surface area (Å²) in [6.45, 7) is 8.86. The van der Waals surface area contributed by atoms with E-state index in [1.165, 1.54) is 5.57 Å². The van der Waals surface area contributed by atoms with Gasteiger partial charge in [-0.25, -0.2) is 0 Å². The van der Waals surface area contributed by atoms with E-state index in [9.17, 15) is 0 Å². The highest BCUT2D eigenvalue weighted by molar-refractivity contribution is 5.28. The van der Waals surface area contributed by atoms with Gasteiger partial charge in [0.2, 0.25) is 0 Å². The quantitative estimate of drug-likeness (QED) is 0.515. The SMILES string of the molecule is CC=CC1(C)C=CC=C(C)C1C. The zero-order chi connectivity index (χ0) is 9.19. The Morgan fingerprint density at radius 2 is 2.17 bits per heavy atom. The summed E-state index contributed by atoms with van der Waals surface area (Å²) in [7, 11) is 0. The molecule has 0 aromatic rings. The van der Waals surface area contributed by atoms with Crippen molar-refractivity contribution in [1.82, 2.24) is 0 Å². The van der Waals surface area contributed by atoms with Crippen LogP contribution in [-0.4, -0.2) is 0 Å². The van der Waals surface area contributed by atoms with Gasteiger partial charge in [-0.15, -0.1) is 0 Å². The fraction of sp³-hybridized carbons (Fsp3) is 0.500. The van der Waals surface area contributed by atoms with Gasteiger partial charge in [-0.1, -0.05) is 49.8 Å². The van der Waals surface area contributed by atoms with Gasteiger partial charge in [-0.05, 0) is 19.8 Å². The molecule has 1 aliphatic rings. The van der Waals surface area contributed by atoms with Crippen LogP contribution in [0.25, 0.3) is 0 Å². The van der Waals surface area contributed by atoms with Gasteiger partial charge in [0, 0.05) is 5.41 Å². The molecule has 0 bridgehead atoms. The second kappa shape index (κ2) is 3.30. The lowest BCUT2D eigenvalue weighted by atomic mass is 9.72. The van der Waals surface area contributed by atoms with Crippen molar-refractivity contribution in [3.05, 3.63) is 36.0 Å². The number of hydrogen-bond acceptors (Lipinski definition) is 0. The maximum atomic E-state index is 2.29. The molecule has 0 saturated heterocycles. The Kier molecular flexibility index (Phi) is 2.56. The van der Waals surface area contributed by atoms with Crippen molar-refractivity contribution >= 4 is 0 Å². The van der Waals surface area contributed by atoms with Crippen LogP contribution in [0.2, 0.25) is 0 Å². The van der Waals surface area contributed by atoms with Crippen LogP contribution in [-0.2, 0) is 0 Å². The summed E-state index contributed by atoms with van der Waals surface area (Å²) in [5, 5.41) is 0. The highest BCUT2D eigenvalue weighted by atomic mass is 14.3. The minimum absolute atomic E-state index is 0.230. The lowest BCUT2D eigenvalue weighted by molar-refractivity contribution is 0.398. The van der Waals surface area contributed by atoms with Crippen LogP contribution < -0.4 is 0 Å². The second-order valence-corrected chi connectivity index (χ2v) is 3.86. The molecule has 1 rings (SSSR count). The molecule has 0 aromatic carbocycles. The molecular weight excluding hydrogens is 144 g/mol. The van der Waals surface area contributed by atoms with Crippen molar-refractivity contribution in [2.75, 3.05) is 0 Å². The number of rotatable bonds is 1. The summed E-state index contributed by atoms with van der Waals surface area (Å²) >= 11 is 0. The van der Waals surface area contributed by atoms with Crippen LogP contribution in [0.3, 0.4) is 0 Å². The van der Waals surface area contributed by atoms with Gasteiger partial charge >= 0.3 is 0 Å². The molecule has 66 valence electrons. The van der Waals surface area contributed by atoms with Gasteiger partial charge in [0.25, 0.3) is 0 Å². The third kappa shape index (κ3) is 1.52. The van der Waals surface area contributed by atoms with Crippen molar-refractivity contribution in [2.24, 2.45) is 11.3 Å². The van der Waals surface area contributed by atoms with Gasteiger partial charge in [0.15, 0.2) is 0 Å². The van der Waals surface area contributed by atoms with E-state index in [4.69, 9.17) is 0 Å². The topological polar surface area (TPSA) is 0 Å². The molecule has 0 fully saturated rings. The minimum Gasteiger partial charge on any atom is -0.0908 e. The van der Waals surface area contributed by atoms with Crippen LogP contribution in [0, 0.1) is 11.3 Å². The molecule has 2 unspecified atom stereocenters. The van der Waals surface area contributed by atoms with E-state index in [1.807, 2.05) is 0 Å². The molecular formula is C12H18. The standard InChI is InChI=1S/C12H18/c1-5-8-12(4)9-6-7-10(2)11(12)3/h5-9,11H,1-4H3. The van der Waals surface area contributed by atoms with Crippen LogP contribution in [0.4, 0.5) is 0 Å². The second-order valence-electron chi connectivity index (χ2n) is 3.86. The van der Waals surface area contributed by atoms with Crippen molar-refractivity contribution in [3.63, 3.8) is 0 Å². The van der Waals surface area contributed by atoms with Gasteiger partial charge in [-0.2, -0.15) is 0 Å². The molecule has 0 N–H and O–H groups in total. The van der Waals surface area contributed by atoms with E-state index < -0.39 is 0 Å². The zero-order valence-electron chi connectivity index (χ0n) is 8.46. The predicted molar refractivity (Wildman–Crippen MR) is 55.0 cm³/mol. The fourth-order valence-corrected chi connectivity index (χ4v) is 1.75. The average Bonchev–Trinajstić information content (AvgIpc) is 2.01. The molecule has 12 heavy (non-hydrogen) atoms. The Hall–Kier alpha value is -0.780. The molecule has 0 spiro atoms. The molecule has 1 aliphatic carbocycles. The van der Waals surface area contributed by atoms with Gasteiger partial charge in [0.1, 0.15) is 0 Å². The van der Waals surface area contributed by atoms with Gasteiger partial charge in [-0.3, -0.25) is 0 Å². The highest BCUT2D eigenvalue weighted by Gasteiger charge is 2.27. The molecule has 0 aromatic heterocycles. The van der Waals surface area contributed by atoms with Crippen molar-refractivity contribution in [1.29, 1.82) is 0 Å². The molecule has 0 amide bonds. The number of hydrogen-bond donors (Lipinski definition) is 0. The van der Waals surface area contributed by atoms with E-state index in [2.05, 4.69) is 58.1 Å². The molecule has 0 radical (unpaired) electrons. The summed E-state index contributed by atoms with van der Waals surface area (Å²) in [4.78, 5) is 0. The Bertz CT molecular complexity index is 243.